The number of aryl methyl sites for hydroxylation is 1. The molecule has 0 aliphatic rings. The summed E-state index contributed by atoms with van der Waals surface area (Å²) >= 11 is 0. The Morgan fingerprint density at radius 2 is 2.07 bits per heavy atom. The molecular formula is C12H19FN2. The van der Waals surface area contributed by atoms with Gasteiger partial charge in [0.25, 0.3) is 0 Å². The van der Waals surface area contributed by atoms with Crippen LogP contribution in [-0.4, -0.2) is 32.1 Å². The smallest absolute Gasteiger partial charge is 0.146 e. The third kappa shape index (κ3) is 3.88. The average Bonchev–Trinajstić information content (AvgIpc) is 2.15. The van der Waals surface area contributed by atoms with Crippen LogP contribution < -0.4 is 5.32 Å². The number of halogens is 1. The van der Waals surface area contributed by atoms with Crippen LogP contribution in [0.5, 0.6) is 0 Å². The maximum atomic E-state index is 13.4. The molecule has 0 saturated carbocycles. The fourth-order valence-corrected chi connectivity index (χ4v) is 1.46. The third-order valence-electron chi connectivity index (χ3n) is 2.31. The number of nitrogens with zero attached hydrogens (tertiary/aromatic N) is 1. The Morgan fingerprint density at radius 1 is 1.33 bits per heavy atom. The minimum Gasteiger partial charge on any atom is -0.382 e. The van der Waals surface area contributed by atoms with Crippen molar-refractivity contribution in [3.8, 4) is 0 Å². The molecule has 84 valence electrons. The normalized spacial score (nSPS) is 10.7. The first-order valence-electron chi connectivity index (χ1n) is 5.25. The summed E-state index contributed by atoms with van der Waals surface area (Å²) in [6, 6.07) is 5.13. The van der Waals surface area contributed by atoms with E-state index >= 15 is 0 Å². The van der Waals surface area contributed by atoms with Crippen molar-refractivity contribution >= 4 is 5.69 Å². The molecular weight excluding hydrogens is 191 g/mol. The molecule has 1 aromatic rings. The summed E-state index contributed by atoms with van der Waals surface area (Å²) in [4.78, 5) is 2.12. The van der Waals surface area contributed by atoms with Crippen molar-refractivity contribution in [2.24, 2.45) is 0 Å². The number of rotatable bonds is 5. The number of benzene rings is 1. The third-order valence-corrected chi connectivity index (χ3v) is 2.31. The van der Waals surface area contributed by atoms with E-state index in [0.29, 0.717) is 5.69 Å². The van der Waals surface area contributed by atoms with Gasteiger partial charge in [-0.1, -0.05) is 12.1 Å². The van der Waals surface area contributed by atoms with Crippen molar-refractivity contribution in [2.75, 3.05) is 32.5 Å². The molecule has 0 aromatic heterocycles. The van der Waals surface area contributed by atoms with Crippen molar-refractivity contribution in [3.05, 3.63) is 29.6 Å². The molecule has 0 aliphatic heterocycles. The van der Waals surface area contributed by atoms with Crippen LogP contribution in [0.2, 0.25) is 0 Å². The Balaban J connectivity index is 2.43. The van der Waals surface area contributed by atoms with Gasteiger partial charge in [-0.3, -0.25) is 0 Å². The Kier molecular flexibility index (Phi) is 4.56. The van der Waals surface area contributed by atoms with Crippen LogP contribution in [0.1, 0.15) is 12.0 Å². The number of anilines is 1. The second-order valence-corrected chi connectivity index (χ2v) is 4.02. The predicted octanol–water partition coefficient (Wildman–Crippen LogP) is 2.50. The van der Waals surface area contributed by atoms with Gasteiger partial charge < -0.3 is 10.2 Å². The van der Waals surface area contributed by atoms with Gasteiger partial charge in [0.15, 0.2) is 0 Å². The zero-order valence-corrected chi connectivity index (χ0v) is 9.68. The molecule has 0 heterocycles. The second-order valence-electron chi connectivity index (χ2n) is 4.02. The maximum Gasteiger partial charge on any atom is 0.146 e. The van der Waals surface area contributed by atoms with Gasteiger partial charge in [-0.15, -0.1) is 0 Å². The van der Waals surface area contributed by atoms with E-state index in [9.17, 15) is 4.39 Å². The summed E-state index contributed by atoms with van der Waals surface area (Å²) in [6.07, 6.45) is 1.01. The number of para-hydroxylation sites is 1. The molecule has 15 heavy (non-hydrogen) atoms. The fraction of sp³-hybridized carbons (Fsp3) is 0.500. The molecule has 1 aromatic carbocycles. The molecule has 0 bridgehead atoms. The average molecular weight is 210 g/mol. The van der Waals surface area contributed by atoms with Crippen LogP contribution in [0.15, 0.2) is 18.2 Å². The van der Waals surface area contributed by atoms with Gasteiger partial charge in [-0.25, -0.2) is 4.39 Å². The van der Waals surface area contributed by atoms with E-state index in [1.165, 1.54) is 6.07 Å². The first-order valence-corrected chi connectivity index (χ1v) is 5.25. The molecule has 2 nitrogen and oxygen atoms in total. The van der Waals surface area contributed by atoms with Gasteiger partial charge in [0.05, 0.1) is 5.69 Å². The van der Waals surface area contributed by atoms with Gasteiger partial charge in [0.2, 0.25) is 0 Å². The Morgan fingerprint density at radius 3 is 2.67 bits per heavy atom. The lowest BCUT2D eigenvalue weighted by atomic mass is 10.2. The summed E-state index contributed by atoms with van der Waals surface area (Å²) in [5, 5.41) is 3.13. The summed E-state index contributed by atoms with van der Waals surface area (Å²) in [5.74, 6) is -0.167. The fourth-order valence-electron chi connectivity index (χ4n) is 1.46. The van der Waals surface area contributed by atoms with Crippen LogP contribution in [0.4, 0.5) is 10.1 Å². The first kappa shape index (κ1) is 12.0. The highest BCUT2D eigenvalue weighted by Gasteiger charge is 2.03. The van der Waals surface area contributed by atoms with Crippen LogP contribution in [0.3, 0.4) is 0 Å². The number of nitrogens with one attached hydrogen (secondary N) is 1. The summed E-state index contributed by atoms with van der Waals surface area (Å²) in [6.45, 7) is 3.73. The highest BCUT2D eigenvalue weighted by molar-refractivity contribution is 5.51. The zero-order valence-electron chi connectivity index (χ0n) is 9.68. The molecule has 0 spiro atoms. The van der Waals surface area contributed by atoms with E-state index < -0.39 is 0 Å². The van der Waals surface area contributed by atoms with Gasteiger partial charge in [-0.05, 0) is 45.6 Å². The molecule has 3 heteroatoms. The van der Waals surface area contributed by atoms with E-state index in [4.69, 9.17) is 0 Å². The Hall–Kier alpha value is -1.09. The monoisotopic (exact) mass is 210 g/mol. The molecule has 0 amide bonds. The van der Waals surface area contributed by atoms with Gasteiger partial charge in [-0.2, -0.15) is 0 Å². The summed E-state index contributed by atoms with van der Waals surface area (Å²) in [7, 11) is 4.07. The minimum absolute atomic E-state index is 0.167. The molecule has 0 atom stereocenters. The van der Waals surface area contributed by atoms with Gasteiger partial charge in [0, 0.05) is 6.54 Å². The van der Waals surface area contributed by atoms with E-state index in [-0.39, 0.29) is 5.82 Å². The number of hydrogen-bond acceptors (Lipinski definition) is 2. The highest BCUT2D eigenvalue weighted by Crippen LogP contribution is 2.18. The van der Waals surface area contributed by atoms with Crippen molar-refractivity contribution in [3.63, 3.8) is 0 Å². The van der Waals surface area contributed by atoms with E-state index in [1.807, 2.05) is 27.1 Å². The minimum atomic E-state index is -0.167. The zero-order chi connectivity index (χ0) is 11.3. The van der Waals surface area contributed by atoms with Gasteiger partial charge >= 0.3 is 0 Å². The van der Waals surface area contributed by atoms with Crippen molar-refractivity contribution in [2.45, 2.75) is 13.3 Å². The quantitative estimate of drug-likeness (QED) is 0.751. The van der Waals surface area contributed by atoms with Crippen LogP contribution in [-0.2, 0) is 0 Å². The second kappa shape index (κ2) is 5.71. The highest BCUT2D eigenvalue weighted by atomic mass is 19.1. The molecule has 1 N–H and O–H groups in total. The van der Waals surface area contributed by atoms with Crippen molar-refractivity contribution < 1.29 is 4.39 Å². The molecule has 1 rings (SSSR count). The van der Waals surface area contributed by atoms with E-state index in [2.05, 4.69) is 10.2 Å². The van der Waals surface area contributed by atoms with Crippen molar-refractivity contribution in [1.82, 2.24) is 4.90 Å². The van der Waals surface area contributed by atoms with Gasteiger partial charge in [0.1, 0.15) is 5.82 Å². The first-order chi connectivity index (χ1) is 7.11. The molecule has 0 radical (unpaired) electrons. The lowest BCUT2D eigenvalue weighted by molar-refractivity contribution is 0.405. The van der Waals surface area contributed by atoms with Crippen LogP contribution in [0, 0.1) is 12.7 Å². The van der Waals surface area contributed by atoms with E-state index in [1.54, 1.807) is 6.07 Å². The largest absolute Gasteiger partial charge is 0.382 e. The molecule has 0 saturated heterocycles. The SMILES string of the molecule is Cc1cccc(F)c1NCCCN(C)C. The summed E-state index contributed by atoms with van der Waals surface area (Å²) in [5.41, 5.74) is 1.59. The lowest BCUT2D eigenvalue weighted by Gasteiger charge is -2.12. The Bertz CT molecular complexity index is 290. The van der Waals surface area contributed by atoms with Crippen molar-refractivity contribution in [1.29, 1.82) is 0 Å². The summed E-state index contributed by atoms with van der Waals surface area (Å²) < 4.78 is 13.4. The molecule has 0 aliphatic carbocycles. The molecule has 0 fully saturated rings. The lowest BCUT2D eigenvalue weighted by Crippen LogP contribution is -2.16. The van der Waals surface area contributed by atoms with E-state index in [0.717, 1.165) is 25.1 Å². The topological polar surface area (TPSA) is 15.3 Å². The standard InChI is InChI=1S/C12H19FN2/c1-10-6-4-7-11(13)12(10)14-8-5-9-15(2)3/h4,6-7,14H,5,8-9H2,1-3H3. The number of hydrogen-bond donors (Lipinski definition) is 1. The Labute approximate surface area is 91.1 Å². The predicted molar refractivity (Wildman–Crippen MR) is 62.8 cm³/mol. The molecule has 0 unspecified atom stereocenters. The van der Waals surface area contributed by atoms with Crippen LogP contribution >= 0.6 is 0 Å². The van der Waals surface area contributed by atoms with Crippen LogP contribution in [0.25, 0.3) is 0 Å². The maximum absolute atomic E-state index is 13.4.